The van der Waals surface area contributed by atoms with Crippen LogP contribution in [0.2, 0.25) is 10.0 Å². The molecule has 0 aliphatic carbocycles. The van der Waals surface area contributed by atoms with Crippen molar-refractivity contribution in [3.63, 3.8) is 0 Å². The normalized spacial score (nSPS) is 18.8. The van der Waals surface area contributed by atoms with Crippen LogP contribution in [0, 0.1) is 0 Å². The molecule has 1 heterocycles. The maximum absolute atomic E-state index is 12.4. The molecule has 6 nitrogen and oxygen atoms in total. The lowest BCUT2D eigenvalue weighted by Crippen LogP contribution is -2.45. The Labute approximate surface area is 157 Å². The predicted molar refractivity (Wildman–Crippen MR) is 97.6 cm³/mol. The number of likely N-dealkylation sites (N-methyl/N-ethyl adjacent to an activating group) is 1. The Kier molecular flexibility index (Phi) is 6.71. The number of rotatable bonds is 6. The van der Waals surface area contributed by atoms with E-state index in [1.54, 1.807) is 25.1 Å². The number of carbonyl (C=O) groups is 2. The second-order valence-electron chi connectivity index (χ2n) is 6.00. The molecule has 0 saturated carbocycles. The van der Waals surface area contributed by atoms with Gasteiger partial charge in [0.2, 0.25) is 11.8 Å². The quantitative estimate of drug-likeness (QED) is 0.778. The first-order valence-corrected chi connectivity index (χ1v) is 10.5. The van der Waals surface area contributed by atoms with Crippen LogP contribution in [-0.4, -0.2) is 55.8 Å². The number of nitrogens with zero attached hydrogens (tertiary/aromatic N) is 1. The summed E-state index contributed by atoms with van der Waals surface area (Å²) in [7, 11) is -3.06. The van der Waals surface area contributed by atoms with E-state index in [-0.39, 0.29) is 42.3 Å². The van der Waals surface area contributed by atoms with E-state index in [0.29, 0.717) is 28.6 Å². The number of amides is 2. The van der Waals surface area contributed by atoms with Gasteiger partial charge in [0.15, 0.2) is 9.84 Å². The lowest BCUT2D eigenvalue weighted by Gasteiger charge is -2.21. The molecule has 138 valence electrons. The van der Waals surface area contributed by atoms with E-state index in [4.69, 9.17) is 23.2 Å². The summed E-state index contributed by atoms with van der Waals surface area (Å²) in [6, 6.07) is 4.58. The maximum atomic E-state index is 12.4. The fraction of sp³-hybridized carbons (Fsp3) is 0.500. The number of carbonyl (C=O) groups excluding carboxylic acids is 2. The minimum absolute atomic E-state index is 0.0396. The van der Waals surface area contributed by atoms with Gasteiger partial charge in [0.25, 0.3) is 0 Å². The molecule has 1 aromatic carbocycles. The number of benzene rings is 1. The Morgan fingerprint density at radius 3 is 2.56 bits per heavy atom. The van der Waals surface area contributed by atoms with E-state index in [9.17, 15) is 18.0 Å². The number of sulfone groups is 1. The molecule has 1 N–H and O–H groups in total. The smallest absolute Gasteiger partial charge is 0.239 e. The fourth-order valence-corrected chi connectivity index (χ4v) is 4.66. The molecule has 2 amide bonds. The van der Waals surface area contributed by atoms with Crippen molar-refractivity contribution in [2.75, 3.05) is 24.6 Å². The van der Waals surface area contributed by atoms with Crippen LogP contribution >= 0.6 is 23.2 Å². The van der Waals surface area contributed by atoms with Crippen molar-refractivity contribution >= 4 is 44.9 Å². The van der Waals surface area contributed by atoms with E-state index < -0.39 is 9.84 Å². The average molecular weight is 407 g/mol. The van der Waals surface area contributed by atoms with E-state index >= 15 is 0 Å². The van der Waals surface area contributed by atoms with Crippen LogP contribution in [0.4, 0.5) is 0 Å². The monoisotopic (exact) mass is 406 g/mol. The molecule has 0 spiro atoms. The maximum Gasteiger partial charge on any atom is 0.239 e. The molecule has 9 heteroatoms. The SMILES string of the molecule is CCN(CC(=O)N[C@@H]1CCS(=O)(=O)C1)C(=O)Cc1ccc(Cl)c(Cl)c1. The van der Waals surface area contributed by atoms with Gasteiger partial charge in [-0.1, -0.05) is 29.3 Å². The molecule has 1 aliphatic heterocycles. The highest BCUT2D eigenvalue weighted by molar-refractivity contribution is 7.91. The molecule has 0 bridgehead atoms. The second kappa shape index (κ2) is 8.38. The van der Waals surface area contributed by atoms with E-state index in [1.807, 2.05) is 0 Å². The summed E-state index contributed by atoms with van der Waals surface area (Å²) in [6.07, 6.45) is 0.521. The molecule has 25 heavy (non-hydrogen) atoms. The molecular formula is C16H20Cl2N2O4S. The first-order chi connectivity index (χ1) is 11.7. The molecule has 1 fully saturated rings. The Bertz CT molecular complexity index is 767. The average Bonchev–Trinajstić information content (AvgIpc) is 2.87. The summed E-state index contributed by atoms with van der Waals surface area (Å²) >= 11 is 11.8. The summed E-state index contributed by atoms with van der Waals surface area (Å²) in [5.41, 5.74) is 0.708. The summed E-state index contributed by atoms with van der Waals surface area (Å²) in [5, 5.41) is 3.47. The first-order valence-electron chi connectivity index (χ1n) is 7.91. The van der Waals surface area contributed by atoms with Gasteiger partial charge in [-0.3, -0.25) is 9.59 Å². The molecule has 0 aromatic heterocycles. The van der Waals surface area contributed by atoms with Crippen molar-refractivity contribution < 1.29 is 18.0 Å². The minimum atomic E-state index is -3.06. The minimum Gasteiger partial charge on any atom is -0.351 e. The molecule has 1 aromatic rings. The van der Waals surface area contributed by atoms with Crippen LogP contribution in [0.5, 0.6) is 0 Å². The van der Waals surface area contributed by atoms with Gasteiger partial charge in [0.1, 0.15) is 0 Å². The van der Waals surface area contributed by atoms with Crippen molar-refractivity contribution in [1.82, 2.24) is 10.2 Å². The van der Waals surface area contributed by atoms with Crippen LogP contribution in [0.15, 0.2) is 18.2 Å². The summed E-state index contributed by atoms with van der Waals surface area (Å²) < 4.78 is 22.9. The Morgan fingerprint density at radius 1 is 1.28 bits per heavy atom. The van der Waals surface area contributed by atoms with Crippen molar-refractivity contribution in [2.45, 2.75) is 25.8 Å². The summed E-state index contributed by atoms with van der Waals surface area (Å²) in [6.45, 7) is 2.05. The van der Waals surface area contributed by atoms with Gasteiger partial charge >= 0.3 is 0 Å². The van der Waals surface area contributed by atoms with Crippen molar-refractivity contribution in [3.8, 4) is 0 Å². The highest BCUT2D eigenvalue weighted by Gasteiger charge is 2.29. The zero-order valence-electron chi connectivity index (χ0n) is 13.8. The van der Waals surface area contributed by atoms with Gasteiger partial charge in [0, 0.05) is 12.6 Å². The number of nitrogens with one attached hydrogen (secondary N) is 1. The third kappa shape index (κ3) is 5.87. The zero-order valence-corrected chi connectivity index (χ0v) is 16.1. The molecule has 1 atom stereocenters. The molecule has 0 radical (unpaired) electrons. The molecule has 2 rings (SSSR count). The second-order valence-corrected chi connectivity index (χ2v) is 9.04. The van der Waals surface area contributed by atoms with E-state index in [1.165, 1.54) is 4.90 Å². The van der Waals surface area contributed by atoms with Gasteiger partial charge in [-0.05, 0) is 31.0 Å². The van der Waals surface area contributed by atoms with Crippen LogP contribution in [0.25, 0.3) is 0 Å². The highest BCUT2D eigenvalue weighted by atomic mass is 35.5. The molecular weight excluding hydrogens is 387 g/mol. The van der Waals surface area contributed by atoms with Gasteiger partial charge in [-0.25, -0.2) is 8.42 Å². The Hall–Kier alpha value is -1.31. The van der Waals surface area contributed by atoms with Gasteiger partial charge in [-0.2, -0.15) is 0 Å². The van der Waals surface area contributed by atoms with E-state index in [0.717, 1.165) is 0 Å². The van der Waals surface area contributed by atoms with Crippen molar-refractivity contribution in [1.29, 1.82) is 0 Å². The number of halogens is 2. The third-order valence-corrected chi connectivity index (χ3v) is 6.51. The van der Waals surface area contributed by atoms with Crippen molar-refractivity contribution in [2.24, 2.45) is 0 Å². The summed E-state index contributed by atoms with van der Waals surface area (Å²) in [5.74, 6) is -0.519. The standard InChI is InChI=1S/C16H20Cl2N2O4S/c1-2-20(9-15(21)19-12-5-6-25(23,24)10-12)16(22)8-11-3-4-13(17)14(18)7-11/h3-4,7,12H,2,5-6,8-10H2,1H3,(H,19,21)/t12-/m1/s1. The third-order valence-electron chi connectivity index (χ3n) is 4.01. The van der Waals surface area contributed by atoms with Gasteiger partial charge in [-0.15, -0.1) is 0 Å². The van der Waals surface area contributed by atoms with Crippen LogP contribution in [-0.2, 0) is 25.8 Å². The zero-order chi connectivity index (χ0) is 18.6. The largest absolute Gasteiger partial charge is 0.351 e. The highest BCUT2D eigenvalue weighted by Crippen LogP contribution is 2.23. The lowest BCUT2D eigenvalue weighted by atomic mass is 10.1. The van der Waals surface area contributed by atoms with Crippen LogP contribution < -0.4 is 5.32 Å². The van der Waals surface area contributed by atoms with Crippen LogP contribution in [0.3, 0.4) is 0 Å². The van der Waals surface area contributed by atoms with E-state index in [2.05, 4.69) is 5.32 Å². The topological polar surface area (TPSA) is 83.6 Å². The molecule has 1 saturated heterocycles. The molecule has 1 aliphatic rings. The lowest BCUT2D eigenvalue weighted by molar-refractivity contribution is -0.135. The van der Waals surface area contributed by atoms with Gasteiger partial charge in [0.05, 0.1) is 34.5 Å². The summed E-state index contributed by atoms with van der Waals surface area (Å²) in [4.78, 5) is 25.9. The Morgan fingerprint density at radius 2 is 2.00 bits per heavy atom. The first kappa shape index (κ1) is 20.0. The van der Waals surface area contributed by atoms with Gasteiger partial charge < -0.3 is 10.2 Å². The van der Waals surface area contributed by atoms with Crippen LogP contribution in [0.1, 0.15) is 18.9 Å². The Balaban J connectivity index is 1.90. The fourth-order valence-electron chi connectivity index (χ4n) is 2.67. The number of hydrogen-bond donors (Lipinski definition) is 1. The van der Waals surface area contributed by atoms with Crippen molar-refractivity contribution in [3.05, 3.63) is 33.8 Å². The predicted octanol–water partition coefficient (Wildman–Crippen LogP) is 1.69. The number of hydrogen-bond acceptors (Lipinski definition) is 4. The molecule has 0 unspecified atom stereocenters.